The van der Waals surface area contributed by atoms with Crippen LogP contribution in [0.3, 0.4) is 0 Å². The fourth-order valence-electron chi connectivity index (χ4n) is 3.58. The molecule has 10 heteroatoms. The van der Waals surface area contributed by atoms with Gasteiger partial charge in [0.1, 0.15) is 6.17 Å². The number of aryl methyl sites for hydroxylation is 1. The van der Waals surface area contributed by atoms with Gasteiger partial charge in [0.2, 0.25) is 0 Å². The van der Waals surface area contributed by atoms with Gasteiger partial charge in [-0.05, 0) is 72.3 Å². The van der Waals surface area contributed by atoms with Crippen LogP contribution in [-0.4, -0.2) is 28.5 Å². The van der Waals surface area contributed by atoms with Crippen LogP contribution in [0.15, 0.2) is 59.6 Å². The third-order valence-electron chi connectivity index (χ3n) is 5.19. The Morgan fingerprint density at radius 2 is 1.94 bits per heavy atom. The van der Waals surface area contributed by atoms with Gasteiger partial charge in [-0.1, -0.05) is 46.9 Å². The molecule has 172 valence electrons. The smallest absolute Gasteiger partial charge is 0.325 e. The van der Waals surface area contributed by atoms with Gasteiger partial charge in [0, 0.05) is 32.1 Å². The molecule has 5 nitrogen and oxygen atoms in total. The zero-order chi connectivity index (χ0) is 23.4. The molecular formula is C23H20Cl3FN4OS. The highest BCUT2D eigenvalue weighted by Crippen LogP contribution is 2.34. The van der Waals surface area contributed by atoms with Crippen molar-refractivity contribution in [2.45, 2.75) is 30.5 Å². The van der Waals surface area contributed by atoms with Crippen LogP contribution < -0.4 is 10.0 Å². The van der Waals surface area contributed by atoms with Gasteiger partial charge in [0.05, 0.1) is 18.4 Å². The first-order valence-corrected chi connectivity index (χ1v) is 12.1. The second-order valence-electron chi connectivity index (χ2n) is 7.45. The number of allylic oxidation sites excluding steroid dienone is 1. The molecule has 1 aliphatic rings. The molecule has 0 saturated heterocycles. The first-order valence-electron chi connectivity index (χ1n) is 10.2. The quantitative estimate of drug-likeness (QED) is 0.358. The molecule has 2 aromatic carbocycles. The van der Waals surface area contributed by atoms with Crippen molar-refractivity contribution in [2.75, 3.05) is 6.54 Å². The first-order chi connectivity index (χ1) is 15.9. The van der Waals surface area contributed by atoms with Gasteiger partial charge in [0.25, 0.3) is 0 Å². The molecule has 2 amide bonds. The predicted octanol–water partition coefficient (Wildman–Crippen LogP) is 6.57. The SMILES string of the molecule is O=C(NC/C=C1/c2c(cnn2Cc2ccc(Cl)cc2Cl)CCC1F)NSc1ccc(Cl)cc1. The van der Waals surface area contributed by atoms with E-state index in [4.69, 9.17) is 34.8 Å². The lowest BCUT2D eigenvalue weighted by Crippen LogP contribution is -2.31. The minimum absolute atomic E-state index is 0.176. The molecule has 0 bridgehead atoms. The highest BCUT2D eigenvalue weighted by molar-refractivity contribution is 7.98. The molecule has 3 aromatic rings. The van der Waals surface area contributed by atoms with Crippen LogP contribution in [0.25, 0.3) is 5.57 Å². The fourth-order valence-corrected chi connectivity index (χ4v) is 4.73. The lowest BCUT2D eigenvalue weighted by molar-refractivity contribution is 0.247. The molecule has 1 aliphatic carbocycles. The van der Waals surface area contributed by atoms with Crippen molar-refractivity contribution in [3.05, 3.63) is 86.6 Å². The molecule has 1 atom stereocenters. The van der Waals surface area contributed by atoms with E-state index in [0.29, 0.717) is 40.0 Å². The molecule has 0 radical (unpaired) electrons. The molecule has 1 aromatic heterocycles. The van der Waals surface area contributed by atoms with E-state index in [1.54, 1.807) is 53.4 Å². The van der Waals surface area contributed by atoms with Gasteiger partial charge in [-0.2, -0.15) is 5.10 Å². The average molecular weight is 526 g/mol. The van der Waals surface area contributed by atoms with E-state index in [-0.39, 0.29) is 12.6 Å². The summed E-state index contributed by atoms with van der Waals surface area (Å²) in [4.78, 5) is 13.0. The number of alkyl halides is 1. The zero-order valence-corrected chi connectivity index (χ0v) is 20.4. The van der Waals surface area contributed by atoms with Crippen LogP contribution in [0.4, 0.5) is 9.18 Å². The summed E-state index contributed by atoms with van der Waals surface area (Å²) in [5, 5.41) is 8.90. The number of fused-ring (bicyclic) bond motifs is 1. The molecule has 0 spiro atoms. The van der Waals surface area contributed by atoms with E-state index in [2.05, 4.69) is 15.1 Å². The largest absolute Gasteiger partial charge is 0.334 e. The van der Waals surface area contributed by atoms with Gasteiger partial charge in [-0.25, -0.2) is 9.18 Å². The third kappa shape index (κ3) is 6.03. The van der Waals surface area contributed by atoms with E-state index < -0.39 is 6.17 Å². The Morgan fingerprint density at radius 1 is 1.18 bits per heavy atom. The van der Waals surface area contributed by atoms with E-state index in [1.165, 1.54) is 11.9 Å². The van der Waals surface area contributed by atoms with Crippen molar-refractivity contribution in [2.24, 2.45) is 0 Å². The molecule has 0 saturated carbocycles. The third-order valence-corrected chi connectivity index (χ3v) is 6.82. The second kappa shape index (κ2) is 10.8. The Balaban J connectivity index is 1.43. The van der Waals surface area contributed by atoms with Crippen molar-refractivity contribution < 1.29 is 9.18 Å². The number of urea groups is 1. The number of nitrogens with one attached hydrogen (secondary N) is 2. The number of rotatable bonds is 6. The van der Waals surface area contributed by atoms with Gasteiger partial charge in [-0.15, -0.1) is 0 Å². The van der Waals surface area contributed by atoms with Gasteiger partial charge < -0.3 is 5.32 Å². The number of aromatic nitrogens is 2. The second-order valence-corrected chi connectivity index (χ2v) is 9.61. The maximum atomic E-state index is 14.9. The lowest BCUT2D eigenvalue weighted by Gasteiger charge is -2.22. The van der Waals surface area contributed by atoms with E-state index in [1.807, 2.05) is 6.07 Å². The van der Waals surface area contributed by atoms with Crippen LogP contribution in [0.1, 0.15) is 23.2 Å². The van der Waals surface area contributed by atoms with Crippen molar-refractivity contribution >= 4 is 58.4 Å². The van der Waals surface area contributed by atoms with Crippen molar-refractivity contribution in [3.8, 4) is 0 Å². The van der Waals surface area contributed by atoms with Crippen LogP contribution >= 0.6 is 46.8 Å². The summed E-state index contributed by atoms with van der Waals surface area (Å²) in [5.74, 6) is 0. The lowest BCUT2D eigenvalue weighted by atomic mass is 9.91. The Kier molecular flexibility index (Phi) is 7.86. The number of amides is 2. The normalized spacial score (nSPS) is 16.5. The zero-order valence-electron chi connectivity index (χ0n) is 17.3. The predicted molar refractivity (Wildman–Crippen MR) is 133 cm³/mol. The van der Waals surface area contributed by atoms with Crippen molar-refractivity contribution in [1.29, 1.82) is 0 Å². The highest BCUT2D eigenvalue weighted by Gasteiger charge is 2.27. The standard InChI is InChI=1S/C23H20Cl3FN4OS/c24-16-4-6-18(7-5-16)33-30-23(32)28-10-9-19-21(27)8-2-14-12-29-31(22(14)19)13-15-1-3-17(25)11-20(15)26/h1,3-7,9,11-12,21H,2,8,10,13H2,(H2,28,30,32)/b19-9+. The molecule has 0 aliphatic heterocycles. The molecule has 4 rings (SSSR count). The number of halogens is 4. The van der Waals surface area contributed by atoms with Crippen molar-refractivity contribution in [3.63, 3.8) is 0 Å². The number of nitrogens with zero attached hydrogens (tertiary/aromatic N) is 2. The number of carbonyl (C=O) groups excluding carboxylic acids is 1. The summed E-state index contributed by atoms with van der Waals surface area (Å²) in [6.45, 7) is 0.566. The Hall–Kier alpha value is -2.19. The van der Waals surface area contributed by atoms with Gasteiger partial charge >= 0.3 is 6.03 Å². The molecular weight excluding hydrogens is 506 g/mol. The van der Waals surface area contributed by atoms with Crippen LogP contribution in [0, 0.1) is 0 Å². The Labute approximate surface area is 210 Å². The maximum Gasteiger partial charge on any atom is 0.325 e. The Morgan fingerprint density at radius 3 is 2.70 bits per heavy atom. The van der Waals surface area contributed by atoms with E-state index >= 15 is 0 Å². The van der Waals surface area contributed by atoms with Crippen LogP contribution in [-0.2, 0) is 13.0 Å². The summed E-state index contributed by atoms with van der Waals surface area (Å²) >= 11 is 19.3. The number of hydrogen-bond acceptors (Lipinski definition) is 3. The maximum absolute atomic E-state index is 14.9. The topological polar surface area (TPSA) is 59.0 Å². The summed E-state index contributed by atoms with van der Waals surface area (Å²) in [6.07, 6.45) is 3.32. The fraction of sp³-hybridized carbons (Fsp3) is 0.217. The molecule has 1 unspecified atom stereocenters. The molecule has 0 fully saturated rings. The van der Waals surface area contributed by atoms with Crippen LogP contribution in [0.5, 0.6) is 0 Å². The summed E-state index contributed by atoms with van der Waals surface area (Å²) in [7, 11) is 0. The minimum Gasteiger partial charge on any atom is -0.334 e. The summed E-state index contributed by atoms with van der Waals surface area (Å²) < 4.78 is 19.3. The monoisotopic (exact) mass is 524 g/mol. The number of carbonyl (C=O) groups is 1. The summed E-state index contributed by atoms with van der Waals surface area (Å²) in [5.41, 5.74) is 3.06. The first kappa shape index (κ1) is 24.0. The van der Waals surface area contributed by atoms with E-state index in [9.17, 15) is 9.18 Å². The van der Waals surface area contributed by atoms with Crippen molar-refractivity contribution in [1.82, 2.24) is 19.8 Å². The molecule has 2 N–H and O–H groups in total. The molecule has 33 heavy (non-hydrogen) atoms. The molecule has 1 heterocycles. The highest BCUT2D eigenvalue weighted by atomic mass is 35.5. The number of hydrogen-bond donors (Lipinski definition) is 2. The average Bonchev–Trinajstić information content (AvgIpc) is 3.19. The summed E-state index contributed by atoms with van der Waals surface area (Å²) in [6, 6.07) is 12.0. The van der Waals surface area contributed by atoms with Crippen LogP contribution in [0.2, 0.25) is 15.1 Å². The van der Waals surface area contributed by atoms with E-state index in [0.717, 1.165) is 21.7 Å². The minimum atomic E-state index is -1.14. The number of benzene rings is 2. The van der Waals surface area contributed by atoms with Gasteiger partial charge in [0.15, 0.2) is 0 Å². The van der Waals surface area contributed by atoms with Gasteiger partial charge in [-0.3, -0.25) is 9.40 Å². The Bertz CT molecular complexity index is 1180.